The average Bonchev–Trinajstić information content (AvgIpc) is 3.44. The minimum Gasteiger partial charge on any atom is -0.258 e. The third-order valence-electron chi connectivity index (χ3n) is 4.59. The van der Waals surface area contributed by atoms with Crippen LogP contribution in [-0.4, -0.2) is 23.7 Å². The number of nitro benzene ring substituents is 1. The number of sulfonamides is 1. The van der Waals surface area contributed by atoms with Crippen LogP contribution in [0.3, 0.4) is 0 Å². The lowest BCUT2D eigenvalue weighted by molar-refractivity contribution is -0.384. The standard InChI is InChI=1S/C19H22N2O4S/c1-14(2)16-5-3-15(4-6-16)13-20(17-7-8-17)26(24,25)19-11-9-18(10-12-19)21(22)23/h3-6,9-12,14,17H,7-8,13H2,1-2H3. The zero-order valence-electron chi connectivity index (χ0n) is 14.8. The van der Waals surface area contributed by atoms with Crippen LogP contribution in [0.1, 0.15) is 43.7 Å². The average molecular weight is 374 g/mol. The molecule has 2 aromatic rings. The second kappa shape index (κ2) is 7.17. The summed E-state index contributed by atoms with van der Waals surface area (Å²) in [5.74, 6) is 0.424. The summed E-state index contributed by atoms with van der Waals surface area (Å²) in [5, 5.41) is 10.8. The smallest absolute Gasteiger partial charge is 0.258 e. The first kappa shape index (κ1) is 18.5. The van der Waals surface area contributed by atoms with E-state index in [2.05, 4.69) is 13.8 Å². The first-order valence-corrected chi connectivity index (χ1v) is 10.1. The Kier molecular flexibility index (Phi) is 5.11. The minimum atomic E-state index is -3.69. The molecule has 138 valence electrons. The van der Waals surface area contributed by atoms with Crippen LogP contribution in [0.25, 0.3) is 0 Å². The number of nitrogens with zero attached hydrogens (tertiary/aromatic N) is 2. The molecule has 0 bridgehead atoms. The van der Waals surface area contributed by atoms with Crippen LogP contribution in [0.5, 0.6) is 0 Å². The second-order valence-electron chi connectivity index (χ2n) is 6.93. The van der Waals surface area contributed by atoms with Gasteiger partial charge < -0.3 is 0 Å². The molecule has 0 aliphatic heterocycles. The van der Waals surface area contributed by atoms with E-state index in [-0.39, 0.29) is 16.6 Å². The molecule has 1 aliphatic carbocycles. The summed E-state index contributed by atoms with van der Waals surface area (Å²) in [4.78, 5) is 10.3. The fraction of sp³-hybridized carbons (Fsp3) is 0.368. The third-order valence-corrected chi connectivity index (χ3v) is 6.51. The van der Waals surface area contributed by atoms with Crippen molar-refractivity contribution in [3.05, 3.63) is 69.8 Å². The highest BCUT2D eigenvalue weighted by Crippen LogP contribution is 2.34. The highest BCUT2D eigenvalue weighted by Gasteiger charge is 2.38. The normalized spacial score (nSPS) is 14.8. The Hall–Kier alpha value is -2.25. The van der Waals surface area contributed by atoms with E-state index in [0.29, 0.717) is 12.5 Å². The summed E-state index contributed by atoms with van der Waals surface area (Å²) < 4.78 is 27.6. The maximum absolute atomic E-state index is 13.0. The first-order chi connectivity index (χ1) is 12.3. The van der Waals surface area contributed by atoms with E-state index in [0.717, 1.165) is 18.4 Å². The molecular formula is C19H22N2O4S. The molecule has 2 aromatic carbocycles. The number of hydrogen-bond acceptors (Lipinski definition) is 4. The topological polar surface area (TPSA) is 80.5 Å². The summed E-state index contributed by atoms with van der Waals surface area (Å²) in [5.41, 5.74) is 2.03. The van der Waals surface area contributed by atoms with Gasteiger partial charge in [-0.05, 0) is 42.0 Å². The molecule has 1 aliphatic rings. The Balaban J connectivity index is 1.85. The van der Waals surface area contributed by atoms with Crippen molar-refractivity contribution in [2.75, 3.05) is 0 Å². The summed E-state index contributed by atoms with van der Waals surface area (Å²) in [6.45, 7) is 4.54. The number of rotatable bonds is 7. The molecular weight excluding hydrogens is 352 g/mol. The molecule has 1 fully saturated rings. The van der Waals surface area contributed by atoms with Crippen LogP contribution in [0.15, 0.2) is 53.4 Å². The third kappa shape index (κ3) is 3.94. The van der Waals surface area contributed by atoms with Crippen molar-refractivity contribution in [2.24, 2.45) is 0 Å². The molecule has 0 saturated heterocycles. The Morgan fingerprint density at radius 1 is 1.08 bits per heavy atom. The summed E-state index contributed by atoms with van der Waals surface area (Å²) >= 11 is 0. The molecule has 7 heteroatoms. The SMILES string of the molecule is CC(C)c1ccc(CN(C2CC2)S(=O)(=O)c2ccc([N+](=O)[O-])cc2)cc1. The predicted octanol–water partition coefficient (Wildman–Crippen LogP) is 4.07. The van der Waals surface area contributed by atoms with Gasteiger partial charge in [-0.25, -0.2) is 8.42 Å². The Bertz CT molecular complexity index is 886. The molecule has 0 radical (unpaired) electrons. The van der Waals surface area contributed by atoms with Crippen molar-refractivity contribution < 1.29 is 13.3 Å². The van der Waals surface area contributed by atoms with Crippen molar-refractivity contribution in [1.29, 1.82) is 0 Å². The van der Waals surface area contributed by atoms with E-state index in [9.17, 15) is 18.5 Å². The van der Waals surface area contributed by atoms with E-state index in [4.69, 9.17) is 0 Å². The zero-order chi connectivity index (χ0) is 18.9. The van der Waals surface area contributed by atoms with Gasteiger partial charge in [0.25, 0.3) is 5.69 Å². The van der Waals surface area contributed by atoms with Gasteiger partial charge in [0.2, 0.25) is 10.0 Å². The number of non-ortho nitro benzene ring substituents is 1. The lowest BCUT2D eigenvalue weighted by Gasteiger charge is -2.22. The summed E-state index contributed by atoms with van der Waals surface area (Å²) in [6.07, 6.45) is 1.69. The maximum atomic E-state index is 13.0. The molecule has 0 unspecified atom stereocenters. The van der Waals surface area contributed by atoms with Gasteiger partial charge in [0, 0.05) is 24.7 Å². The molecule has 0 spiro atoms. The van der Waals surface area contributed by atoms with Crippen LogP contribution >= 0.6 is 0 Å². The van der Waals surface area contributed by atoms with Crippen LogP contribution in [0, 0.1) is 10.1 Å². The lowest BCUT2D eigenvalue weighted by atomic mass is 10.0. The van der Waals surface area contributed by atoms with Crippen LogP contribution in [0.4, 0.5) is 5.69 Å². The van der Waals surface area contributed by atoms with Crippen molar-refractivity contribution in [3.63, 3.8) is 0 Å². The van der Waals surface area contributed by atoms with E-state index in [1.165, 1.54) is 34.1 Å². The summed E-state index contributed by atoms with van der Waals surface area (Å²) in [6, 6.07) is 13.1. The lowest BCUT2D eigenvalue weighted by Crippen LogP contribution is -2.32. The van der Waals surface area contributed by atoms with Gasteiger partial charge in [-0.2, -0.15) is 4.31 Å². The molecule has 3 rings (SSSR count). The monoisotopic (exact) mass is 374 g/mol. The Labute approximate surface area is 153 Å². The quantitative estimate of drug-likeness (QED) is 0.540. The fourth-order valence-corrected chi connectivity index (χ4v) is 4.51. The molecule has 6 nitrogen and oxygen atoms in total. The van der Waals surface area contributed by atoms with Crippen molar-refractivity contribution in [3.8, 4) is 0 Å². The largest absolute Gasteiger partial charge is 0.269 e. The highest BCUT2D eigenvalue weighted by atomic mass is 32.2. The fourth-order valence-electron chi connectivity index (χ4n) is 2.84. The second-order valence-corrected chi connectivity index (χ2v) is 8.82. The number of benzene rings is 2. The van der Waals surface area contributed by atoms with Gasteiger partial charge in [0.15, 0.2) is 0 Å². The van der Waals surface area contributed by atoms with E-state index in [1.807, 2.05) is 24.3 Å². The summed E-state index contributed by atoms with van der Waals surface area (Å²) in [7, 11) is -3.69. The Morgan fingerprint density at radius 3 is 2.12 bits per heavy atom. The highest BCUT2D eigenvalue weighted by molar-refractivity contribution is 7.89. The predicted molar refractivity (Wildman–Crippen MR) is 99.4 cm³/mol. The maximum Gasteiger partial charge on any atom is 0.269 e. The number of nitro groups is 1. The molecule has 1 saturated carbocycles. The van der Waals surface area contributed by atoms with Crippen molar-refractivity contribution in [1.82, 2.24) is 4.31 Å². The van der Waals surface area contributed by atoms with Crippen LogP contribution in [-0.2, 0) is 16.6 Å². The first-order valence-electron chi connectivity index (χ1n) is 8.64. The van der Waals surface area contributed by atoms with Crippen molar-refractivity contribution in [2.45, 2.75) is 50.1 Å². The number of hydrogen-bond donors (Lipinski definition) is 0. The van der Waals surface area contributed by atoms with E-state index >= 15 is 0 Å². The van der Waals surface area contributed by atoms with Crippen molar-refractivity contribution >= 4 is 15.7 Å². The van der Waals surface area contributed by atoms with Gasteiger partial charge in [0.05, 0.1) is 9.82 Å². The van der Waals surface area contributed by atoms with Gasteiger partial charge in [-0.1, -0.05) is 38.1 Å². The minimum absolute atomic E-state index is 0.0000303. The molecule has 0 heterocycles. The van der Waals surface area contributed by atoms with Gasteiger partial charge in [-0.3, -0.25) is 10.1 Å². The molecule has 0 N–H and O–H groups in total. The van der Waals surface area contributed by atoms with Crippen LogP contribution < -0.4 is 0 Å². The van der Waals surface area contributed by atoms with Crippen LogP contribution in [0.2, 0.25) is 0 Å². The molecule has 0 aromatic heterocycles. The van der Waals surface area contributed by atoms with E-state index < -0.39 is 14.9 Å². The van der Waals surface area contributed by atoms with Gasteiger partial charge in [-0.15, -0.1) is 0 Å². The molecule has 0 amide bonds. The Morgan fingerprint density at radius 2 is 1.65 bits per heavy atom. The molecule has 0 atom stereocenters. The van der Waals surface area contributed by atoms with Gasteiger partial charge in [0.1, 0.15) is 0 Å². The van der Waals surface area contributed by atoms with Gasteiger partial charge >= 0.3 is 0 Å². The van der Waals surface area contributed by atoms with E-state index in [1.54, 1.807) is 0 Å². The zero-order valence-corrected chi connectivity index (χ0v) is 15.6. The molecule has 26 heavy (non-hydrogen) atoms.